The van der Waals surface area contributed by atoms with Crippen LogP contribution in [0.1, 0.15) is 36.2 Å². The van der Waals surface area contributed by atoms with Gasteiger partial charge in [-0.25, -0.2) is 0 Å². The summed E-state index contributed by atoms with van der Waals surface area (Å²) in [6.45, 7) is 0.812. The Labute approximate surface area is 158 Å². The second-order valence-corrected chi connectivity index (χ2v) is 6.68. The van der Waals surface area contributed by atoms with Crippen LogP contribution in [0.3, 0.4) is 0 Å². The van der Waals surface area contributed by atoms with E-state index in [1.54, 1.807) is 7.11 Å². The maximum Gasteiger partial charge on any atom is 0.240 e. The van der Waals surface area contributed by atoms with Gasteiger partial charge < -0.3 is 19.3 Å². The van der Waals surface area contributed by atoms with Crippen LogP contribution in [0.4, 0.5) is 0 Å². The molecule has 4 rings (SSSR count). The van der Waals surface area contributed by atoms with Crippen LogP contribution in [0.5, 0.6) is 11.5 Å². The van der Waals surface area contributed by atoms with E-state index in [1.165, 1.54) is 18.4 Å². The average Bonchev–Trinajstić information content (AvgIpc) is 3.46. The van der Waals surface area contributed by atoms with Crippen molar-refractivity contribution < 1.29 is 14.0 Å². The highest BCUT2D eigenvalue weighted by Crippen LogP contribution is 2.41. The average molecular weight is 365 g/mol. The fourth-order valence-corrected chi connectivity index (χ4v) is 3.08. The van der Waals surface area contributed by atoms with Gasteiger partial charge in [-0.3, -0.25) is 0 Å². The molecule has 1 fully saturated rings. The number of aromatic nitrogens is 2. The van der Waals surface area contributed by atoms with E-state index in [1.807, 2.05) is 30.3 Å². The van der Waals surface area contributed by atoms with Crippen LogP contribution in [0, 0.1) is 5.92 Å². The minimum Gasteiger partial charge on any atom is -0.497 e. The number of hydrogen-bond donors (Lipinski definition) is 1. The Kier molecular flexibility index (Phi) is 5.34. The lowest BCUT2D eigenvalue weighted by molar-refractivity contribution is 0.283. The Morgan fingerprint density at radius 2 is 1.81 bits per heavy atom. The number of methoxy groups -OCH3 is 1. The van der Waals surface area contributed by atoms with Gasteiger partial charge in [0.1, 0.15) is 11.5 Å². The third-order valence-corrected chi connectivity index (χ3v) is 4.66. The van der Waals surface area contributed by atoms with Crippen LogP contribution < -0.4 is 14.8 Å². The minimum absolute atomic E-state index is 0.264. The van der Waals surface area contributed by atoms with Crippen LogP contribution >= 0.6 is 0 Å². The molecular weight excluding hydrogens is 342 g/mol. The summed E-state index contributed by atoms with van der Waals surface area (Å²) < 4.78 is 16.2. The molecule has 2 aromatic carbocycles. The third kappa shape index (κ3) is 4.65. The Bertz CT molecular complexity index is 845. The van der Waals surface area contributed by atoms with Crippen LogP contribution in [0.25, 0.3) is 0 Å². The molecule has 0 unspecified atom stereocenters. The topological polar surface area (TPSA) is 69.4 Å². The molecule has 0 spiro atoms. The van der Waals surface area contributed by atoms with Gasteiger partial charge in [0.25, 0.3) is 0 Å². The smallest absolute Gasteiger partial charge is 0.240 e. The van der Waals surface area contributed by atoms with E-state index in [-0.39, 0.29) is 6.61 Å². The Morgan fingerprint density at radius 1 is 1.07 bits per heavy atom. The lowest BCUT2D eigenvalue weighted by Gasteiger charge is -2.17. The van der Waals surface area contributed by atoms with E-state index in [0.29, 0.717) is 30.2 Å². The molecule has 1 aliphatic rings. The van der Waals surface area contributed by atoms with Gasteiger partial charge in [-0.05, 0) is 48.6 Å². The normalized spacial score (nSPS) is 14.7. The van der Waals surface area contributed by atoms with E-state index in [9.17, 15) is 0 Å². The fourth-order valence-electron chi connectivity index (χ4n) is 3.08. The van der Waals surface area contributed by atoms with E-state index in [2.05, 4.69) is 39.7 Å². The van der Waals surface area contributed by atoms with Gasteiger partial charge in [0, 0.05) is 6.04 Å². The van der Waals surface area contributed by atoms with Gasteiger partial charge in [0.2, 0.25) is 11.7 Å². The summed E-state index contributed by atoms with van der Waals surface area (Å²) in [7, 11) is 1.64. The Balaban J connectivity index is 1.31. The molecular formula is C21H23N3O3. The zero-order valence-electron chi connectivity index (χ0n) is 15.3. The molecule has 0 aliphatic heterocycles. The molecule has 3 aromatic rings. The molecule has 6 nitrogen and oxygen atoms in total. The molecule has 1 saturated carbocycles. The van der Waals surface area contributed by atoms with Crippen molar-refractivity contribution in [3.63, 3.8) is 0 Å². The predicted molar refractivity (Wildman–Crippen MR) is 100 cm³/mol. The predicted octanol–water partition coefficient (Wildman–Crippen LogP) is 3.90. The van der Waals surface area contributed by atoms with E-state index in [4.69, 9.17) is 14.0 Å². The third-order valence-electron chi connectivity index (χ3n) is 4.66. The van der Waals surface area contributed by atoms with Crippen molar-refractivity contribution in [1.29, 1.82) is 0 Å². The summed E-state index contributed by atoms with van der Waals surface area (Å²) in [4.78, 5) is 4.41. The van der Waals surface area contributed by atoms with Gasteiger partial charge in [0.15, 0.2) is 6.61 Å². The summed E-state index contributed by atoms with van der Waals surface area (Å²) in [6, 6.07) is 18.3. The van der Waals surface area contributed by atoms with Gasteiger partial charge in [-0.1, -0.05) is 35.5 Å². The Morgan fingerprint density at radius 3 is 2.52 bits per heavy atom. The number of benzene rings is 2. The summed E-state index contributed by atoms with van der Waals surface area (Å²) in [5, 5.41) is 7.56. The number of ether oxygens (including phenoxy) is 2. The van der Waals surface area contributed by atoms with Crippen molar-refractivity contribution in [2.75, 3.05) is 7.11 Å². The van der Waals surface area contributed by atoms with Crippen LogP contribution in [0.2, 0.25) is 0 Å². The molecule has 1 heterocycles. The summed E-state index contributed by atoms with van der Waals surface area (Å²) >= 11 is 0. The van der Waals surface area contributed by atoms with Crippen LogP contribution in [0.15, 0.2) is 59.1 Å². The molecule has 140 valence electrons. The molecule has 0 saturated heterocycles. The van der Waals surface area contributed by atoms with E-state index in [0.717, 1.165) is 11.5 Å². The number of nitrogens with zero attached hydrogens (tertiary/aromatic N) is 2. The number of hydrogen-bond acceptors (Lipinski definition) is 6. The first kappa shape index (κ1) is 17.5. The molecule has 1 aromatic heterocycles. The molecule has 0 amide bonds. The van der Waals surface area contributed by atoms with Crippen molar-refractivity contribution in [2.24, 2.45) is 5.92 Å². The highest BCUT2D eigenvalue weighted by Gasteiger charge is 2.32. The van der Waals surface area contributed by atoms with Crippen molar-refractivity contribution in [1.82, 2.24) is 15.5 Å². The zero-order chi connectivity index (χ0) is 18.5. The lowest BCUT2D eigenvalue weighted by atomic mass is 10.0. The van der Waals surface area contributed by atoms with Gasteiger partial charge in [0.05, 0.1) is 13.7 Å². The molecule has 0 bridgehead atoms. The summed E-state index contributed by atoms with van der Waals surface area (Å²) in [6.07, 6.45) is 2.52. The standard InChI is InChI=1S/C21H23N3O3/c1-25-17-9-11-18(12-10-17)26-14-19-23-20(27-24-19)13-22-21(16-7-8-16)15-5-3-2-4-6-15/h2-6,9-12,16,21-22H,7-8,13-14H2,1H3/t21-/m0/s1. The van der Waals surface area contributed by atoms with Crippen molar-refractivity contribution >= 4 is 0 Å². The second-order valence-electron chi connectivity index (χ2n) is 6.68. The lowest BCUT2D eigenvalue weighted by Crippen LogP contribution is -2.22. The molecule has 1 aliphatic carbocycles. The maximum atomic E-state index is 5.69. The van der Waals surface area contributed by atoms with Crippen LogP contribution in [-0.2, 0) is 13.2 Å². The second kappa shape index (κ2) is 8.22. The maximum absolute atomic E-state index is 5.69. The fraction of sp³-hybridized carbons (Fsp3) is 0.333. The first-order valence-electron chi connectivity index (χ1n) is 9.18. The van der Waals surface area contributed by atoms with Gasteiger partial charge in [-0.2, -0.15) is 4.98 Å². The Hall–Kier alpha value is -2.86. The quantitative estimate of drug-likeness (QED) is 0.620. The van der Waals surface area contributed by atoms with Crippen molar-refractivity contribution in [3.8, 4) is 11.5 Å². The molecule has 0 radical (unpaired) electrons. The highest BCUT2D eigenvalue weighted by molar-refractivity contribution is 5.31. The van der Waals surface area contributed by atoms with Gasteiger partial charge >= 0.3 is 0 Å². The van der Waals surface area contributed by atoms with E-state index >= 15 is 0 Å². The highest BCUT2D eigenvalue weighted by atomic mass is 16.5. The van der Waals surface area contributed by atoms with Crippen molar-refractivity contribution in [3.05, 3.63) is 71.9 Å². The molecule has 1 atom stereocenters. The van der Waals surface area contributed by atoms with E-state index < -0.39 is 0 Å². The van der Waals surface area contributed by atoms with Crippen LogP contribution in [-0.4, -0.2) is 17.3 Å². The zero-order valence-corrected chi connectivity index (χ0v) is 15.3. The number of rotatable bonds is 9. The number of nitrogens with one attached hydrogen (secondary N) is 1. The summed E-state index contributed by atoms with van der Waals surface area (Å²) in [5.74, 6) is 3.32. The monoisotopic (exact) mass is 365 g/mol. The summed E-state index contributed by atoms with van der Waals surface area (Å²) in [5.41, 5.74) is 1.31. The molecule has 1 N–H and O–H groups in total. The first-order chi connectivity index (χ1) is 13.3. The SMILES string of the molecule is COc1ccc(OCc2noc(CN[C@@H](c3ccccc3)C3CC3)n2)cc1. The molecule has 6 heteroatoms. The molecule has 27 heavy (non-hydrogen) atoms. The van der Waals surface area contributed by atoms with Crippen molar-refractivity contribution in [2.45, 2.75) is 32.0 Å². The first-order valence-corrected chi connectivity index (χ1v) is 9.18. The minimum atomic E-state index is 0.264. The van der Waals surface area contributed by atoms with Gasteiger partial charge in [-0.15, -0.1) is 0 Å². The largest absolute Gasteiger partial charge is 0.497 e.